The number of rotatable bonds is 6. The number of carbonyl (C=O) groups excluding carboxylic acids is 2. The summed E-state index contributed by atoms with van der Waals surface area (Å²) in [5.74, 6) is -2.67. The Labute approximate surface area is 92.8 Å². The van der Waals surface area contributed by atoms with E-state index in [1.165, 1.54) is 6.92 Å². The molecule has 0 aliphatic rings. The van der Waals surface area contributed by atoms with E-state index in [0.29, 0.717) is 0 Å². The molecule has 0 aliphatic carbocycles. The van der Waals surface area contributed by atoms with Crippen LogP contribution in [0.2, 0.25) is 0 Å². The number of aliphatic carboxylic acids is 1. The lowest BCUT2D eigenvalue weighted by Crippen LogP contribution is -2.27. The molecule has 0 spiro atoms. The molecule has 0 aliphatic heterocycles. The highest BCUT2D eigenvalue weighted by Gasteiger charge is 2.21. The van der Waals surface area contributed by atoms with E-state index in [9.17, 15) is 14.4 Å². The summed E-state index contributed by atoms with van der Waals surface area (Å²) in [6.07, 6.45) is -1.93. The normalized spacial score (nSPS) is 11.4. The van der Waals surface area contributed by atoms with Gasteiger partial charge in [-0.05, 0) is 6.92 Å². The van der Waals surface area contributed by atoms with E-state index >= 15 is 0 Å². The standard InChI is InChI=1S/C10H14O6/c1-4-8(13)15-9(5-7(11)12)16-10(14)6(2)3/h9H,2,4-5H2,1,3H3,(H,11,12). The van der Waals surface area contributed by atoms with Crippen molar-refractivity contribution in [1.29, 1.82) is 0 Å². The maximum absolute atomic E-state index is 11.1. The van der Waals surface area contributed by atoms with Gasteiger partial charge in [-0.1, -0.05) is 13.5 Å². The Hall–Kier alpha value is -1.85. The monoisotopic (exact) mass is 230 g/mol. The predicted octanol–water partition coefficient (Wildman–Crippen LogP) is 0.860. The average molecular weight is 230 g/mol. The molecule has 0 amide bonds. The topological polar surface area (TPSA) is 89.9 Å². The maximum Gasteiger partial charge on any atom is 0.336 e. The highest BCUT2D eigenvalue weighted by Crippen LogP contribution is 2.06. The van der Waals surface area contributed by atoms with Crippen LogP contribution in [0, 0.1) is 0 Å². The minimum Gasteiger partial charge on any atom is -0.481 e. The lowest BCUT2D eigenvalue weighted by molar-refractivity contribution is -0.188. The van der Waals surface area contributed by atoms with Crippen LogP contribution in [0.15, 0.2) is 12.2 Å². The summed E-state index contributed by atoms with van der Waals surface area (Å²) in [5.41, 5.74) is 0.0999. The lowest BCUT2D eigenvalue weighted by Gasteiger charge is -2.16. The smallest absolute Gasteiger partial charge is 0.336 e. The second-order valence-electron chi connectivity index (χ2n) is 3.06. The van der Waals surface area contributed by atoms with Gasteiger partial charge in [0.25, 0.3) is 6.29 Å². The van der Waals surface area contributed by atoms with Crippen LogP contribution < -0.4 is 0 Å². The largest absolute Gasteiger partial charge is 0.481 e. The second kappa shape index (κ2) is 6.60. The second-order valence-corrected chi connectivity index (χ2v) is 3.06. The molecule has 0 aromatic rings. The molecule has 1 atom stereocenters. The lowest BCUT2D eigenvalue weighted by atomic mass is 10.3. The zero-order valence-electron chi connectivity index (χ0n) is 9.19. The van der Waals surface area contributed by atoms with Crippen molar-refractivity contribution in [3.63, 3.8) is 0 Å². The highest BCUT2D eigenvalue weighted by atomic mass is 16.7. The van der Waals surface area contributed by atoms with E-state index in [1.54, 1.807) is 6.92 Å². The fourth-order valence-corrected chi connectivity index (χ4v) is 0.700. The van der Waals surface area contributed by atoms with Gasteiger partial charge in [0.1, 0.15) is 6.42 Å². The first-order valence-electron chi connectivity index (χ1n) is 4.64. The van der Waals surface area contributed by atoms with Crippen molar-refractivity contribution >= 4 is 17.9 Å². The fourth-order valence-electron chi connectivity index (χ4n) is 0.700. The SMILES string of the molecule is C=C(C)C(=O)OC(CC(=O)O)OC(=O)CC. The molecule has 90 valence electrons. The van der Waals surface area contributed by atoms with E-state index in [-0.39, 0.29) is 12.0 Å². The Morgan fingerprint density at radius 2 is 1.88 bits per heavy atom. The summed E-state index contributed by atoms with van der Waals surface area (Å²) in [7, 11) is 0. The van der Waals surface area contributed by atoms with Crippen molar-refractivity contribution in [2.75, 3.05) is 0 Å². The fraction of sp³-hybridized carbons (Fsp3) is 0.500. The van der Waals surface area contributed by atoms with Crippen molar-refractivity contribution in [3.05, 3.63) is 12.2 Å². The number of ether oxygens (including phenoxy) is 2. The van der Waals surface area contributed by atoms with Crippen molar-refractivity contribution in [2.24, 2.45) is 0 Å². The number of carboxylic acids is 1. The quantitative estimate of drug-likeness (QED) is 0.413. The van der Waals surface area contributed by atoms with Crippen LogP contribution >= 0.6 is 0 Å². The number of hydrogen-bond acceptors (Lipinski definition) is 5. The van der Waals surface area contributed by atoms with Crippen LogP contribution in [0.25, 0.3) is 0 Å². The summed E-state index contributed by atoms with van der Waals surface area (Å²) in [6, 6.07) is 0. The van der Waals surface area contributed by atoms with E-state index in [2.05, 4.69) is 16.1 Å². The zero-order chi connectivity index (χ0) is 12.7. The van der Waals surface area contributed by atoms with Crippen molar-refractivity contribution in [3.8, 4) is 0 Å². The van der Waals surface area contributed by atoms with Gasteiger partial charge in [-0.3, -0.25) is 9.59 Å². The summed E-state index contributed by atoms with van der Waals surface area (Å²) >= 11 is 0. The number of carboxylic acid groups (broad SMARTS) is 1. The van der Waals surface area contributed by atoms with Gasteiger partial charge in [0.15, 0.2) is 0 Å². The Morgan fingerprint density at radius 1 is 1.31 bits per heavy atom. The molecular weight excluding hydrogens is 216 g/mol. The molecule has 1 unspecified atom stereocenters. The third-order valence-electron chi connectivity index (χ3n) is 1.48. The molecule has 0 radical (unpaired) electrons. The predicted molar refractivity (Wildman–Crippen MR) is 53.3 cm³/mol. The number of carbonyl (C=O) groups is 3. The molecule has 0 bridgehead atoms. The molecule has 0 aromatic carbocycles. The van der Waals surface area contributed by atoms with Gasteiger partial charge in [0.2, 0.25) is 0 Å². The first kappa shape index (κ1) is 14.2. The Morgan fingerprint density at radius 3 is 2.25 bits per heavy atom. The van der Waals surface area contributed by atoms with Crippen molar-refractivity contribution < 1.29 is 29.0 Å². The molecule has 0 fully saturated rings. The molecule has 0 aromatic heterocycles. The molecule has 0 saturated heterocycles. The summed E-state index contributed by atoms with van der Waals surface area (Å²) in [5, 5.41) is 8.52. The number of hydrogen-bond donors (Lipinski definition) is 1. The molecular formula is C10H14O6. The summed E-state index contributed by atoms with van der Waals surface area (Å²) in [6.45, 7) is 6.27. The van der Waals surface area contributed by atoms with Crippen LogP contribution in [0.4, 0.5) is 0 Å². The van der Waals surface area contributed by atoms with Crippen LogP contribution in [0.3, 0.4) is 0 Å². The van der Waals surface area contributed by atoms with Gasteiger partial charge in [0.05, 0.1) is 0 Å². The third kappa shape index (κ3) is 5.79. The minimum absolute atomic E-state index is 0.0702. The number of esters is 2. The van der Waals surface area contributed by atoms with Gasteiger partial charge in [-0.2, -0.15) is 0 Å². The average Bonchev–Trinajstić information content (AvgIpc) is 2.16. The van der Waals surface area contributed by atoms with E-state index in [0.717, 1.165) is 0 Å². The molecule has 0 rings (SSSR count). The van der Waals surface area contributed by atoms with E-state index in [4.69, 9.17) is 5.11 Å². The first-order valence-corrected chi connectivity index (χ1v) is 4.64. The van der Waals surface area contributed by atoms with Crippen molar-refractivity contribution in [1.82, 2.24) is 0 Å². The summed E-state index contributed by atoms with van der Waals surface area (Å²) in [4.78, 5) is 32.5. The van der Waals surface area contributed by atoms with Crippen molar-refractivity contribution in [2.45, 2.75) is 33.0 Å². The van der Waals surface area contributed by atoms with Gasteiger partial charge in [0, 0.05) is 12.0 Å². The van der Waals surface area contributed by atoms with Crippen LogP contribution in [0.1, 0.15) is 26.7 Å². The zero-order valence-corrected chi connectivity index (χ0v) is 9.19. The Balaban J connectivity index is 4.42. The Kier molecular flexibility index (Phi) is 5.84. The van der Waals surface area contributed by atoms with Gasteiger partial charge in [-0.15, -0.1) is 0 Å². The molecule has 1 N–H and O–H groups in total. The molecule has 6 heteroatoms. The highest BCUT2D eigenvalue weighted by molar-refractivity contribution is 5.87. The minimum atomic E-state index is -1.41. The first-order chi connectivity index (χ1) is 7.36. The molecule has 0 heterocycles. The Bertz CT molecular complexity index is 306. The maximum atomic E-state index is 11.1. The van der Waals surface area contributed by atoms with E-state index in [1.807, 2.05) is 0 Å². The van der Waals surface area contributed by atoms with Gasteiger partial charge >= 0.3 is 17.9 Å². The molecule has 0 saturated carbocycles. The van der Waals surface area contributed by atoms with E-state index < -0.39 is 30.6 Å². The van der Waals surface area contributed by atoms with Crippen LogP contribution in [-0.2, 0) is 23.9 Å². The van der Waals surface area contributed by atoms with Gasteiger partial charge in [-0.25, -0.2) is 4.79 Å². The summed E-state index contributed by atoms with van der Waals surface area (Å²) < 4.78 is 9.26. The van der Waals surface area contributed by atoms with Crippen LogP contribution in [-0.4, -0.2) is 29.3 Å². The molecule has 16 heavy (non-hydrogen) atoms. The molecule has 6 nitrogen and oxygen atoms in total. The van der Waals surface area contributed by atoms with Gasteiger partial charge < -0.3 is 14.6 Å². The van der Waals surface area contributed by atoms with Crippen LogP contribution in [0.5, 0.6) is 0 Å². The third-order valence-corrected chi connectivity index (χ3v) is 1.48.